The van der Waals surface area contributed by atoms with Crippen LogP contribution in [0.15, 0.2) is 12.3 Å². The van der Waals surface area contributed by atoms with E-state index in [4.69, 9.17) is 5.73 Å². The largest absolute Gasteiger partial charge is 0.388 e. The van der Waals surface area contributed by atoms with E-state index >= 15 is 0 Å². The molecule has 76 valence electrons. The summed E-state index contributed by atoms with van der Waals surface area (Å²) in [6.45, 7) is 0.496. The SMILES string of the molecule is Nc1ccnc(NCC2(O)CCC2)n1. The molecule has 0 aromatic carbocycles. The van der Waals surface area contributed by atoms with Gasteiger partial charge in [-0.1, -0.05) is 0 Å². The Morgan fingerprint density at radius 3 is 2.93 bits per heavy atom. The van der Waals surface area contributed by atoms with Crippen LogP contribution in [-0.2, 0) is 0 Å². The third kappa shape index (κ3) is 1.93. The maximum absolute atomic E-state index is 9.79. The van der Waals surface area contributed by atoms with Crippen molar-refractivity contribution in [2.24, 2.45) is 0 Å². The van der Waals surface area contributed by atoms with Crippen LogP contribution in [0.5, 0.6) is 0 Å². The zero-order chi connectivity index (χ0) is 10.0. The van der Waals surface area contributed by atoms with Gasteiger partial charge in [-0.3, -0.25) is 0 Å². The number of hydrogen-bond acceptors (Lipinski definition) is 5. The van der Waals surface area contributed by atoms with Gasteiger partial charge in [0.25, 0.3) is 0 Å². The van der Waals surface area contributed by atoms with Crippen molar-refractivity contribution in [2.45, 2.75) is 24.9 Å². The normalized spacial score (nSPS) is 18.6. The van der Waals surface area contributed by atoms with Gasteiger partial charge in [0.05, 0.1) is 5.60 Å². The zero-order valence-electron chi connectivity index (χ0n) is 7.90. The van der Waals surface area contributed by atoms with Crippen molar-refractivity contribution in [3.05, 3.63) is 12.3 Å². The summed E-state index contributed by atoms with van der Waals surface area (Å²) in [6, 6.07) is 1.63. The van der Waals surface area contributed by atoms with E-state index in [-0.39, 0.29) is 0 Å². The van der Waals surface area contributed by atoms with E-state index in [2.05, 4.69) is 15.3 Å². The molecule has 0 aliphatic heterocycles. The van der Waals surface area contributed by atoms with Gasteiger partial charge in [0.2, 0.25) is 5.95 Å². The Kier molecular flexibility index (Phi) is 2.25. The molecule has 5 nitrogen and oxygen atoms in total. The number of nitrogen functional groups attached to an aromatic ring is 1. The summed E-state index contributed by atoms with van der Waals surface area (Å²) in [5.41, 5.74) is 4.93. The summed E-state index contributed by atoms with van der Waals surface area (Å²) in [5.74, 6) is 0.911. The molecule has 0 saturated heterocycles. The van der Waals surface area contributed by atoms with Gasteiger partial charge < -0.3 is 16.2 Å². The minimum absolute atomic E-state index is 0.433. The highest BCUT2D eigenvalue weighted by atomic mass is 16.3. The molecular formula is C9H14N4O. The fourth-order valence-corrected chi connectivity index (χ4v) is 1.46. The van der Waals surface area contributed by atoms with Gasteiger partial charge in [-0.05, 0) is 25.3 Å². The Hall–Kier alpha value is -1.36. The van der Waals surface area contributed by atoms with Crippen molar-refractivity contribution in [1.82, 2.24) is 9.97 Å². The Morgan fingerprint density at radius 1 is 1.57 bits per heavy atom. The molecule has 4 N–H and O–H groups in total. The van der Waals surface area contributed by atoms with Crippen molar-refractivity contribution < 1.29 is 5.11 Å². The number of anilines is 2. The second-order valence-electron chi connectivity index (χ2n) is 3.74. The molecule has 1 fully saturated rings. The first-order valence-electron chi connectivity index (χ1n) is 4.73. The minimum Gasteiger partial charge on any atom is -0.388 e. The van der Waals surface area contributed by atoms with E-state index in [0.717, 1.165) is 19.3 Å². The van der Waals surface area contributed by atoms with Crippen LogP contribution in [0.25, 0.3) is 0 Å². The number of aliphatic hydroxyl groups is 1. The van der Waals surface area contributed by atoms with E-state index in [0.29, 0.717) is 18.3 Å². The highest BCUT2D eigenvalue weighted by Crippen LogP contribution is 2.31. The summed E-state index contributed by atoms with van der Waals surface area (Å²) in [6.07, 6.45) is 4.39. The molecule has 0 amide bonds. The van der Waals surface area contributed by atoms with Gasteiger partial charge >= 0.3 is 0 Å². The number of hydrogen-bond donors (Lipinski definition) is 3. The second-order valence-corrected chi connectivity index (χ2v) is 3.74. The standard InChI is InChI=1S/C9H14N4O/c10-7-2-5-11-8(13-7)12-6-9(14)3-1-4-9/h2,5,14H,1,3-4,6H2,(H3,10,11,12,13). The van der Waals surface area contributed by atoms with Crippen LogP contribution in [0.4, 0.5) is 11.8 Å². The lowest BCUT2D eigenvalue weighted by Crippen LogP contribution is -2.43. The lowest BCUT2D eigenvalue weighted by molar-refractivity contribution is -0.0203. The van der Waals surface area contributed by atoms with Crippen LogP contribution in [0, 0.1) is 0 Å². The van der Waals surface area contributed by atoms with Crippen molar-refractivity contribution in [1.29, 1.82) is 0 Å². The topological polar surface area (TPSA) is 84.1 Å². The Bertz CT molecular complexity index is 324. The van der Waals surface area contributed by atoms with Crippen LogP contribution in [0.1, 0.15) is 19.3 Å². The number of nitrogens with zero attached hydrogens (tertiary/aromatic N) is 2. The van der Waals surface area contributed by atoms with E-state index in [1.807, 2.05) is 0 Å². The van der Waals surface area contributed by atoms with Gasteiger partial charge in [-0.2, -0.15) is 4.98 Å². The minimum atomic E-state index is -0.562. The number of aromatic nitrogens is 2. The number of nitrogens with two attached hydrogens (primary N) is 1. The monoisotopic (exact) mass is 194 g/mol. The van der Waals surface area contributed by atoms with Gasteiger partial charge in [-0.25, -0.2) is 4.98 Å². The molecule has 0 bridgehead atoms. The molecule has 1 saturated carbocycles. The molecule has 0 unspecified atom stereocenters. The molecule has 0 atom stereocenters. The number of nitrogens with one attached hydrogen (secondary N) is 1. The highest BCUT2D eigenvalue weighted by Gasteiger charge is 2.34. The molecule has 0 spiro atoms. The van der Waals surface area contributed by atoms with Crippen molar-refractivity contribution in [3.63, 3.8) is 0 Å². The van der Waals surface area contributed by atoms with Crippen LogP contribution >= 0.6 is 0 Å². The third-order valence-electron chi connectivity index (χ3n) is 2.54. The molecule has 1 aliphatic carbocycles. The average molecular weight is 194 g/mol. The first-order chi connectivity index (χ1) is 6.68. The maximum atomic E-state index is 9.79. The van der Waals surface area contributed by atoms with E-state index < -0.39 is 5.60 Å². The number of rotatable bonds is 3. The Balaban J connectivity index is 1.91. The lowest BCUT2D eigenvalue weighted by Gasteiger charge is -2.36. The van der Waals surface area contributed by atoms with Crippen LogP contribution in [0.3, 0.4) is 0 Å². The summed E-state index contributed by atoms with van der Waals surface area (Å²) < 4.78 is 0. The molecule has 14 heavy (non-hydrogen) atoms. The summed E-state index contributed by atoms with van der Waals surface area (Å²) in [5, 5.41) is 12.8. The quantitative estimate of drug-likeness (QED) is 0.648. The van der Waals surface area contributed by atoms with Crippen LogP contribution in [0.2, 0.25) is 0 Å². The lowest BCUT2D eigenvalue weighted by atomic mass is 9.80. The fourth-order valence-electron chi connectivity index (χ4n) is 1.46. The zero-order valence-corrected chi connectivity index (χ0v) is 7.90. The fraction of sp³-hybridized carbons (Fsp3) is 0.556. The predicted molar refractivity (Wildman–Crippen MR) is 53.7 cm³/mol. The molecule has 1 aliphatic rings. The first kappa shape index (κ1) is 9.21. The van der Waals surface area contributed by atoms with Gasteiger partial charge in [-0.15, -0.1) is 0 Å². The smallest absolute Gasteiger partial charge is 0.224 e. The maximum Gasteiger partial charge on any atom is 0.224 e. The van der Waals surface area contributed by atoms with Crippen molar-refractivity contribution >= 4 is 11.8 Å². The first-order valence-corrected chi connectivity index (χ1v) is 4.73. The van der Waals surface area contributed by atoms with Crippen molar-refractivity contribution in [2.75, 3.05) is 17.6 Å². The van der Waals surface area contributed by atoms with Crippen LogP contribution in [-0.4, -0.2) is 27.2 Å². The molecule has 5 heteroatoms. The molecule has 2 rings (SSSR count). The van der Waals surface area contributed by atoms with Gasteiger partial charge in [0.15, 0.2) is 0 Å². The Morgan fingerprint density at radius 2 is 2.36 bits per heavy atom. The average Bonchev–Trinajstić information content (AvgIpc) is 2.12. The molecule has 1 aromatic rings. The van der Waals surface area contributed by atoms with E-state index in [9.17, 15) is 5.11 Å². The second kappa shape index (κ2) is 3.42. The molecule has 1 aromatic heterocycles. The van der Waals surface area contributed by atoms with E-state index in [1.165, 1.54) is 0 Å². The molecular weight excluding hydrogens is 180 g/mol. The summed E-state index contributed by atoms with van der Waals surface area (Å²) >= 11 is 0. The van der Waals surface area contributed by atoms with Gasteiger partial charge in [0, 0.05) is 12.7 Å². The molecule has 1 heterocycles. The predicted octanol–water partition coefficient (Wildman–Crippen LogP) is 0.386. The highest BCUT2D eigenvalue weighted by molar-refractivity contribution is 5.35. The molecule has 0 radical (unpaired) electrons. The summed E-state index contributed by atoms with van der Waals surface area (Å²) in [4.78, 5) is 7.97. The summed E-state index contributed by atoms with van der Waals surface area (Å²) in [7, 11) is 0. The third-order valence-corrected chi connectivity index (χ3v) is 2.54. The van der Waals surface area contributed by atoms with Gasteiger partial charge in [0.1, 0.15) is 5.82 Å². The van der Waals surface area contributed by atoms with Crippen molar-refractivity contribution in [3.8, 4) is 0 Å². The van der Waals surface area contributed by atoms with Crippen LogP contribution < -0.4 is 11.1 Å². The Labute approximate surface area is 82.4 Å². The van der Waals surface area contributed by atoms with E-state index in [1.54, 1.807) is 12.3 Å².